The van der Waals surface area contributed by atoms with Crippen LogP contribution in [-0.4, -0.2) is 18.2 Å². The van der Waals surface area contributed by atoms with Gasteiger partial charge in [0.25, 0.3) is 5.91 Å². The van der Waals surface area contributed by atoms with Gasteiger partial charge in [0, 0.05) is 10.6 Å². The van der Waals surface area contributed by atoms with Crippen LogP contribution in [0.2, 0.25) is 5.02 Å². The fourth-order valence-electron chi connectivity index (χ4n) is 2.98. The molecule has 33 heavy (non-hydrogen) atoms. The molecule has 0 fully saturated rings. The van der Waals surface area contributed by atoms with Gasteiger partial charge in [0.1, 0.15) is 18.1 Å². The topological polar surface area (TPSA) is 59.9 Å². The first-order valence-electron chi connectivity index (χ1n) is 10.8. The van der Waals surface area contributed by atoms with Crippen LogP contribution in [0.25, 0.3) is 0 Å². The summed E-state index contributed by atoms with van der Waals surface area (Å²) in [5.41, 5.74) is 5.54. The second-order valence-corrected chi connectivity index (χ2v) is 9.13. The van der Waals surface area contributed by atoms with Crippen molar-refractivity contribution in [1.82, 2.24) is 5.43 Å². The Morgan fingerprint density at radius 3 is 2.27 bits per heavy atom. The number of nitrogens with zero attached hydrogens (tertiary/aromatic N) is 1. The minimum atomic E-state index is -0.678. The fourth-order valence-corrected chi connectivity index (χ4v) is 3.17. The minimum absolute atomic E-state index is 0.0657. The molecule has 1 N–H and O–H groups in total. The molecule has 3 aromatic rings. The zero-order valence-electron chi connectivity index (χ0n) is 19.3. The smallest absolute Gasteiger partial charge is 0.280 e. The van der Waals surface area contributed by atoms with Gasteiger partial charge in [0.15, 0.2) is 6.10 Å². The summed E-state index contributed by atoms with van der Waals surface area (Å²) >= 11 is 6.15. The molecule has 1 unspecified atom stereocenters. The number of nitrogens with one attached hydrogen (secondary N) is 1. The predicted molar refractivity (Wildman–Crippen MR) is 133 cm³/mol. The lowest BCUT2D eigenvalue weighted by Crippen LogP contribution is -2.33. The second kappa shape index (κ2) is 11.0. The average molecular weight is 465 g/mol. The van der Waals surface area contributed by atoms with Crippen LogP contribution in [-0.2, 0) is 16.8 Å². The van der Waals surface area contributed by atoms with E-state index in [0.29, 0.717) is 17.4 Å². The number of hydrogen-bond acceptors (Lipinski definition) is 4. The molecule has 0 aliphatic heterocycles. The van der Waals surface area contributed by atoms with Gasteiger partial charge in [-0.2, -0.15) is 5.10 Å². The molecule has 1 amide bonds. The van der Waals surface area contributed by atoms with E-state index in [4.69, 9.17) is 21.1 Å². The maximum atomic E-state index is 12.3. The molecule has 0 radical (unpaired) electrons. The lowest BCUT2D eigenvalue weighted by Gasteiger charge is -2.19. The summed E-state index contributed by atoms with van der Waals surface area (Å²) in [6.45, 7) is 8.53. The first-order valence-corrected chi connectivity index (χ1v) is 11.2. The molecule has 3 aromatic carbocycles. The number of amides is 1. The van der Waals surface area contributed by atoms with Gasteiger partial charge in [0.05, 0.1) is 6.21 Å². The Hall–Kier alpha value is -3.31. The van der Waals surface area contributed by atoms with Crippen molar-refractivity contribution >= 4 is 23.7 Å². The summed E-state index contributed by atoms with van der Waals surface area (Å²) in [5, 5.41) is 4.70. The van der Waals surface area contributed by atoms with Crippen molar-refractivity contribution in [3.8, 4) is 11.5 Å². The summed E-state index contributed by atoms with van der Waals surface area (Å²) < 4.78 is 11.5. The number of rotatable bonds is 8. The van der Waals surface area contributed by atoms with E-state index in [2.05, 4.69) is 31.3 Å². The van der Waals surface area contributed by atoms with Crippen molar-refractivity contribution in [2.24, 2.45) is 5.10 Å². The third-order valence-electron chi connectivity index (χ3n) is 5.02. The molecular formula is C27H29ClN2O3. The van der Waals surface area contributed by atoms with Gasteiger partial charge >= 0.3 is 0 Å². The lowest BCUT2D eigenvalue weighted by molar-refractivity contribution is -0.127. The molecule has 0 heterocycles. The third-order valence-corrected chi connectivity index (χ3v) is 5.39. The molecule has 3 rings (SSSR count). The van der Waals surface area contributed by atoms with E-state index < -0.39 is 6.10 Å². The molecule has 0 bridgehead atoms. The number of hydrazone groups is 1. The molecular weight excluding hydrogens is 436 g/mol. The predicted octanol–water partition coefficient (Wildman–Crippen LogP) is 6.13. The SMILES string of the molecule is CC(Oc1ccc(C(C)(C)C)cc1)C(=O)N/N=C/c1ccc(OCc2ccccc2Cl)cc1. The normalized spacial score (nSPS) is 12.4. The summed E-state index contributed by atoms with van der Waals surface area (Å²) in [6, 6.07) is 22.7. The average Bonchev–Trinajstić information content (AvgIpc) is 2.79. The van der Waals surface area contributed by atoms with Crippen molar-refractivity contribution in [2.75, 3.05) is 0 Å². The Bertz CT molecular complexity index is 1090. The Morgan fingerprint density at radius 2 is 1.64 bits per heavy atom. The highest BCUT2D eigenvalue weighted by Gasteiger charge is 2.16. The van der Waals surface area contributed by atoms with Crippen LogP contribution in [0.3, 0.4) is 0 Å². The zero-order chi connectivity index (χ0) is 23.8. The van der Waals surface area contributed by atoms with E-state index in [0.717, 1.165) is 16.9 Å². The van der Waals surface area contributed by atoms with Gasteiger partial charge in [-0.15, -0.1) is 0 Å². The molecule has 0 saturated heterocycles. The van der Waals surface area contributed by atoms with Gasteiger partial charge in [-0.05, 0) is 65.9 Å². The van der Waals surface area contributed by atoms with Crippen LogP contribution in [0.15, 0.2) is 77.9 Å². The largest absolute Gasteiger partial charge is 0.489 e. The minimum Gasteiger partial charge on any atom is -0.489 e. The number of carbonyl (C=O) groups excluding carboxylic acids is 1. The Morgan fingerprint density at radius 1 is 1.00 bits per heavy atom. The first-order chi connectivity index (χ1) is 15.7. The standard InChI is InChI=1S/C27H29ClN2O3/c1-19(33-24-15-11-22(12-16-24)27(2,3)4)26(31)30-29-17-20-9-13-23(14-10-20)32-18-21-7-5-6-8-25(21)28/h5-17,19H,18H2,1-4H3,(H,30,31)/b29-17+. The molecule has 172 valence electrons. The molecule has 1 atom stereocenters. The highest BCUT2D eigenvalue weighted by atomic mass is 35.5. The molecule has 6 heteroatoms. The van der Waals surface area contributed by atoms with Gasteiger partial charge in [-0.3, -0.25) is 4.79 Å². The quantitative estimate of drug-likeness (QED) is 0.322. The highest BCUT2D eigenvalue weighted by Crippen LogP contribution is 2.24. The van der Waals surface area contributed by atoms with Crippen molar-refractivity contribution in [3.05, 3.63) is 94.5 Å². The molecule has 0 aliphatic rings. The van der Waals surface area contributed by atoms with E-state index in [1.54, 1.807) is 13.1 Å². The van der Waals surface area contributed by atoms with E-state index in [1.165, 1.54) is 5.56 Å². The summed E-state index contributed by atoms with van der Waals surface area (Å²) in [5.74, 6) is 1.03. The molecule has 5 nitrogen and oxygen atoms in total. The van der Waals surface area contributed by atoms with Crippen LogP contribution in [0.1, 0.15) is 44.4 Å². The Labute approximate surface area is 200 Å². The Balaban J connectivity index is 1.46. The number of hydrogen-bond donors (Lipinski definition) is 1. The van der Waals surface area contributed by atoms with Crippen molar-refractivity contribution in [2.45, 2.75) is 45.8 Å². The Kier molecular flexibility index (Phi) is 8.12. The summed E-state index contributed by atoms with van der Waals surface area (Å²) in [4.78, 5) is 12.3. The number of benzene rings is 3. The van der Waals surface area contributed by atoms with Gasteiger partial charge in [0.2, 0.25) is 0 Å². The molecule has 0 aliphatic carbocycles. The van der Waals surface area contributed by atoms with E-state index in [-0.39, 0.29) is 11.3 Å². The number of halogens is 1. The van der Waals surface area contributed by atoms with E-state index in [9.17, 15) is 4.79 Å². The third kappa shape index (κ3) is 7.36. The molecule has 0 spiro atoms. The zero-order valence-corrected chi connectivity index (χ0v) is 20.1. The molecule has 0 saturated carbocycles. The van der Waals surface area contributed by atoms with Crippen LogP contribution >= 0.6 is 11.6 Å². The summed E-state index contributed by atoms with van der Waals surface area (Å²) in [6.07, 6.45) is 0.892. The van der Waals surface area contributed by atoms with Crippen LogP contribution in [0.5, 0.6) is 11.5 Å². The van der Waals surface area contributed by atoms with Crippen molar-refractivity contribution in [3.63, 3.8) is 0 Å². The first kappa shape index (κ1) is 24.3. The molecule has 0 aromatic heterocycles. The maximum Gasteiger partial charge on any atom is 0.280 e. The van der Waals surface area contributed by atoms with E-state index >= 15 is 0 Å². The van der Waals surface area contributed by atoms with Gasteiger partial charge in [-0.25, -0.2) is 5.43 Å². The van der Waals surface area contributed by atoms with Gasteiger partial charge < -0.3 is 9.47 Å². The van der Waals surface area contributed by atoms with Gasteiger partial charge in [-0.1, -0.05) is 62.7 Å². The van der Waals surface area contributed by atoms with Crippen LogP contribution in [0.4, 0.5) is 0 Å². The second-order valence-electron chi connectivity index (χ2n) is 8.72. The highest BCUT2D eigenvalue weighted by molar-refractivity contribution is 6.31. The van der Waals surface area contributed by atoms with Crippen LogP contribution < -0.4 is 14.9 Å². The number of carbonyl (C=O) groups is 1. The fraction of sp³-hybridized carbons (Fsp3) is 0.259. The van der Waals surface area contributed by atoms with Crippen molar-refractivity contribution < 1.29 is 14.3 Å². The monoisotopic (exact) mass is 464 g/mol. The van der Waals surface area contributed by atoms with Crippen molar-refractivity contribution in [1.29, 1.82) is 0 Å². The van der Waals surface area contributed by atoms with Crippen LogP contribution in [0, 0.1) is 0 Å². The van der Waals surface area contributed by atoms with E-state index in [1.807, 2.05) is 72.8 Å². The number of ether oxygens (including phenoxy) is 2. The lowest BCUT2D eigenvalue weighted by atomic mass is 9.87. The maximum absolute atomic E-state index is 12.3. The summed E-state index contributed by atoms with van der Waals surface area (Å²) in [7, 11) is 0.